The quantitative estimate of drug-likeness (QED) is 0.163. The van der Waals surface area contributed by atoms with Gasteiger partial charge in [-0.05, 0) is 115 Å². The molecule has 200 valence electrons. The number of nitrogens with zero attached hydrogens (tertiary/aromatic N) is 3. The minimum atomic E-state index is -2.18. The molecular formula is C27H61N3O2Si. The molecule has 0 N–H and O–H groups in total. The molecule has 33 heavy (non-hydrogen) atoms. The van der Waals surface area contributed by atoms with Crippen molar-refractivity contribution >= 4 is 8.56 Å². The summed E-state index contributed by atoms with van der Waals surface area (Å²) in [6, 6.07) is 2.17. The summed E-state index contributed by atoms with van der Waals surface area (Å²) in [5.74, 6) is 0. The Bertz CT molecular complexity index is 383. The van der Waals surface area contributed by atoms with E-state index in [0.717, 1.165) is 51.4 Å². The van der Waals surface area contributed by atoms with E-state index >= 15 is 0 Å². The van der Waals surface area contributed by atoms with Gasteiger partial charge in [-0.15, -0.1) is 0 Å². The van der Waals surface area contributed by atoms with Crippen LogP contribution in [0.3, 0.4) is 0 Å². The zero-order valence-corrected chi connectivity index (χ0v) is 25.2. The van der Waals surface area contributed by atoms with Crippen LogP contribution in [0.15, 0.2) is 0 Å². The van der Waals surface area contributed by atoms with E-state index in [2.05, 4.69) is 63.2 Å². The first kappa shape index (κ1) is 33.0. The van der Waals surface area contributed by atoms with E-state index in [9.17, 15) is 0 Å². The van der Waals surface area contributed by atoms with E-state index in [-0.39, 0.29) is 0 Å². The molecule has 0 heterocycles. The third kappa shape index (κ3) is 12.5. The van der Waals surface area contributed by atoms with Crippen molar-refractivity contribution < 1.29 is 8.85 Å². The Balaban J connectivity index is 5.69. The van der Waals surface area contributed by atoms with Crippen LogP contribution < -0.4 is 0 Å². The van der Waals surface area contributed by atoms with Crippen LogP contribution in [0.2, 0.25) is 12.1 Å². The molecule has 0 saturated heterocycles. The van der Waals surface area contributed by atoms with Gasteiger partial charge in [-0.25, -0.2) is 0 Å². The lowest BCUT2D eigenvalue weighted by molar-refractivity contribution is 0.153. The minimum absolute atomic E-state index is 0.321. The SMILES string of the molecule is CCN(CC)CCCC(CCCN(CC)CC)(CCCN(CC)CC)C[Si](CC)(OC)OC. The Labute approximate surface area is 209 Å². The van der Waals surface area contributed by atoms with Gasteiger partial charge in [0.2, 0.25) is 0 Å². The molecule has 0 spiro atoms. The normalized spacial score (nSPS) is 13.1. The first-order valence-corrected chi connectivity index (χ1v) is 16.4. The molecule has 0 amide bonds. The van der Waals surface area contributed by atoms with Crippen molar-refractivity contribution in [1.29, 1.82) is 0 Å². The summed E-state index contributed by atoms with van der Waals surface area (Å²) in [6.45, 7) is 26.5. The predicted octanol–water partition coefficient (Wildman–Crippen LogP) is 6.09. The van der Waals surface area contributed by atoms with Crippen molar-refractivity contribution in [2.45, 2.75) is 99.1 Å². The molecule has 0 rings (SSSR count). The second-order valence-corrected chi connectivity index (χ2v) is 13.4. The molecule has 0 fully saturated rings. The zero-order valence-electron chi connectivity index (χ0n) is 24.2. The van der Waals surface area contributed by atoms with E-state index in [1.165, 1.54) is 58.2 Å². The van der Waals surface area contributed by atoms with Crippen molar-refractivity contribution in [1.82, 2.24) is 14.7 Å². The van der Waals surface area contributed by atoms with Crippen molar-refractivity contribution in [3.8, 4) is 0 Å². The molecular weight excluding hydrogens is 426 g/mol. The van der Waals surface area contributed by atoms with Gasteiger partial charge in [0.15, 0.2) is 0 Å². The van der Waals surface area contributed by atoms with Crippen LogP contribution in [0.5, 0.6) is 0 Å². The molecule has 0 saturated carbocycles. The lowest BCUT2D eigenvalue weighted by atomic mass is 9.76. The van der Waals surface area contributed by atoms with Crippen LogP contribution in [-0.4, -0.2) is 96.4 Å². The molecule has 0 aliphatic carbocycles. The monoisotopic (exact) mass is 487 g/mol. The van der Waals surface area contributed by atoms with Gasteiger partial charge in [-0.3, -0.25) is 0 Å². The average molecular weight is 488 g/mol. The van der Waals surface area contributed by atoms with Gasteiger partial charge >= 0.3 is 8.56 Å². The molecule has 0 aromatic heterocycles. The van der Waals surface area contributed by atoms with Crippen LogP contribution in [0.25, 0.3) is 0 Å². The molecule has 0 radical (unpaired) electrons. The van der Waals surface area contributed by atoms with Gasteiger partial charge in [0.25, 0.3) is 0 Å². The topological polar surface area (TPSA) is 28.2 Å². The molecule has 0 aromatic carbocycles. The van der Waals surface area contributed by atoms with Gasteiger partial charge in [-0.2, -0.15) is 0 Å². The molecule has 0 aliphatic rings. The lowest BCUT2D eigenvalue weighted by Gasteiger charge is -2.41. The van der Waals surface area contributed by atoms with Crippen LogP contribution >= 0.6 is 0 Å². The molecule has 0 unspecified atom stereocenters. The predicted molar refractivity (Wildman–Crippen MR) is 149 cm³/mol. The van der Waals surface area contributed by atoms with Crippen molar-refractivity contribution in [3.63, 3.8) is 0 Å². The van der Waals surface area contributed by atoms with E-state index < -0.39 is 8.56 Å². The van der Waals surface area contributed by atoms with Gasteiger partial charge in [0.1, 0.15) is 0 Å². The number of hydrogen-bond acceptors (Lipinski definition) is 5. The summed E-state index contributed by atoms with van der Waals surface area (Å²) >= 11 is 0. The third-order valence-corrected chi connectivity index (χ3v) is 12.0. The molecule has 6 heteroatoms. The van der Waals surface area contributed by atoms with E-state index in [0.29, 0.717) is 5.41 Å². The van der Waals surface area contributed by atoms with Gasteiger partial charge in [0, 0.05) is 14.2 Å². The Kier molecular flexibility index (Phi) is 19.2. The van der Waals surface area contributed by atoms with Crippen LogP contribution in [0, 0.1) is 5.41 Å². The first-order valence-electron chi connectivity index (χ1n) is 14.1. The maximum atomic E-state index is 6.19. The standard InChI is InChI=1S/C27H61N3O2Si/c1-10-28(11-2)23-17-20-27(21-18-24-29(12-3)13-4,22-19-25-30(14-5)15-6)26-33(16-7,31-8)32-9/h10-26H2,1-9H3. The summed E-state index contributed by atoms with van der Waals surface area (Å²) in [6.07, 6.45) is 7.71. The molecule has 0 aromatic rings. The van der Waals surface area contributed by atoms with Crippen molar-refractivity contribution in [3.05, 3.63) is 0 Å². The fourth-order valence-corrected chi connectivity index (χ4v) is 8.46. The largest absolute Gasteiger partial charge is 0.398 e. The van der Waals surface area contributed by atoms with Crippen LogP contribution in [0.4, 0.5) is 0 Å². The Morgan fingerprint density at radius 3 is 1.06 bits per heavy atom. The van der Waals surface area contributed by atoms with Crippen molar-refractivity contribution in [2.24, 2.45) is 5.41 Å². The van der Waals surface area contributed by atoms with Crippen LogP contribution in [0.1, 0.15) is 87.0 Å². The Hall–Kier alpha value is 0.0169. The lowest BCUT2D eigenvalue weighted by Crippen LogP contribution is -2.45. The fourth-order valence-electron chi connectivity index (χ4n) is 5.51. The Morgan fingerprint density at radius 2 is 0.848 bits per heavy atom. The van der Waals surface area contributed by atoms with E-state index in [4.69, 9.17) is 8.85 Å². The molecule has 0 atom stereocenters. The second kappa shape index (κ2) is 19.2. The van der Waals surface area contributed by atoms with Gasteiger partial charge < -0.3 is 23.6 Å². The highest BCUT2D eigenvalue weighted by Crippen LogP contribution is 2.44. The molecule has 0 bridgehead atoms. The van der Waals surface area contributed by atoms with Crippen LogP contribution in [-0.2, 0) is 8.85 Å². The zero-order chi connectivity index (χ0) is 25.2. The maximum Gasteiger partial charge on any atom is 0.337 e. The highest BCUT2D eigenvalue weighted by atomic mass is 28.4. The Morgan fingerprint density at radius 1 is 0.545 bits per heavy atom. The first-order chi connectivity index (χ1) is 15.9. The maximum absolute atomic E-state index is 6.19. The number of hydrogen-bond donors (Lipinski definition) is 0. The third-order valence-electron chi connectivity index (χ3n) is 8.15. The smallest absolute Gasteiger partial charge is 0.337 e. The van der Waals surface area contributed by atoms with Crippen molar-refractivity contribution in [2.75, 3.05) is 73.1 Å². The second-order valence-electron chi connectivity index (χ2n) is 9.74. The minimum Gasteiger partial charge on any atom is -0.398 e. The fraction of sp³-hybridized carbons (Fsp3) is 1.00. The van der Waals surface area contributed by atoms with Gasteiger partial charge in [0.05, 0.1) is 0 Å². The van der Waals surface area contributed by atoms with E-state index in [1.807, 2.05) is 14.2 Å². The molecule has 0 aliphatic heterocycles. The van der Waals surface area contributed by atoms with E-state index in [1.54, 1.807) is 0 Å². The summed E-state index contributed by atoms with van der Waals surface area (Å²) in [5.41, 5.74) is 0.321. The summed E-state index contributed by atoms with van der Waals surface area (Å²) in [7, 11) is 1.61. The summed E-state index contributed by atoms with van der Waals surface area (Å²) in [5, 5.41) is 0. The highest BCUT2D eigenvalue weighted by Gasteiger charge is 2.43. The highest BCUT2D eigenvalue weighted by molar-refractivity contribution is 6.67. The summed E-state index contributed by atoms with van der Waals surface area (Å²) < 4.78 is 12.4. The summed E-state index contributed by atoms with van der Waals surface area (Å²) in [4.78, 5) is 7.73. The molecule has 5 nitrogen and oxygen atoms in total. The number of rotatable bonds is 23. The van der Waals surface area contributed by atoms with Gasteiger partial charge in [-0.1, -0.05) is 48.5 Å². The average Bonchev–Trinajstić information content (AvgIpc) is 2.86.